The fourth-order valence-corrected chi connectivity index (χ4v) is 5.13. The lowest BCUT2D eigenvalue weighted by atomic mass is 10.1. The van der Waals surface area contributed by atoms with Crippen LogP contribution in [-0.4, -0.2) is 61.3 Å². The van der Waals surface area contributed by atoms with Gasteiger partial charge in [-0.05, 0) is 48.0 Å². The SMILES string of the molecule is Cc1c(Oc2cccc(/C=C3\SC(=O)N(Cc4ccccc4)C3=O)c2)ncnc1OC1CCN(C(=O)O)CC1. The van der Waals surface area contributed by atoms with E-state index in [1.165, 1.54) is 16.1 Å². The molecule has 10 nitrogen and oxygen atoms in total. The minimum atomic E-state index is -0.924. The minimum Gasteiger partial charge on any atom is -0.474 e. The van der Waals surface area contributed by atoms with Crippen LogP contribution in [0.4, 0.5) is 9.59 Å². The fraction of sp³-hybridized carbons (Fsp3) is 0.250. The number of likely N-dealkylation sites (tertiary alicyclic amines) is 1. The molecule has 2 fully saturated rings. The molecule has 0 unspecified atom stereocenters. The van der Waals surface area contributed by atoms with Gasteiger partial charge in [0, 0.05) is 25.9 Å². The summed E-state index contributed by atoms with van der Waals surface area (Å²) in [5, 5.41) is 8.83. The molecular formula is C28H26N4O6S. The van der Waals surface area contributed by atoms with Gasteiger partial charge in [0.05, 0.1) is 17.0 Å². The highest BCUT2D eigenvalue weighted by atomic mass is 32.2. The van der Waals surface area contributed by atoms with Gasteiger partial charge in [0.15, 0.2) is 0 Å². The summed E-state index contributed by atoms with van der Waals surface area (Å²) in [5.41, 5.74) is 2.20. The molecule has 0 radical (unpaired) electrons. The van der Waals surface area contributed by atoms with E-state index in [1.54, 1.807) is 31.2 Å². The van der Waals surface area contributed by atoms with Gasteiger partial charge in [0.1, 0.15) is 18.2 Å². The Labute approximate surface area is 229 Å². The summed E-state index contributed by atoms with van der Waals surface area (Å²) in [4.78, 5) is 48.0. The van der Waals surface area contributed by atoms with Crippen molar-refractivity contribution in [3.05, 3.63) is 82.5 Å². The van der Waals surface area contributed by atoms with E-state index in [4.69, 9.17) is 14.6 Å². The van der Waals surface area contributed by atoms with Gasteiger partial charge in [-0.1, -0.05) is 42.5 Å². The summed E-state index contributed by atoms with van der Waals surface area (Å²) >= 11 is 0.913. The number of amides is 3. The lowest BCUT2D eigenvalue weighted by Gasteiger charge is -2.30. The predicted molar refractivity (Wildman–Crippen MR) is 144 cm³/mol. The first-order valence-corrected chi connectivity index (χ1v) is 13.2. The number of hydrogen-bond acceptors (Lipinski definition) is 8. The van der Waals surface area contributed by atoms with Crippen molar-refractivity contribution in [2.45, 2.75) is 32.4 Å². The second-order valence-electron chi connectivity index (χ2n) is 9.12. The molecule has 3 heterocycles. The number of ether oxygens (including phenoxy) is 2. The predicted octanol–water partition coefficient (Wildman–Crippen LogP) is 5.34. The maximum absolute atomic E-state index is 12.9. The van der Waals surface area contributed by atoms with Crippen molar-refractivity contribution in [1.82, 2.24) is 19.8 Å². The number of rotatable bonds is 7. The van der Waals surface area contributed by atoms with Gasteiger partial charge in [-0.2, -0.15) is 0 Å². The number of carbonyl (C=O) groups is 3. The molecule has 2 aromatic carbocycles. The van der Waals surface area contributed by atoms with E-state index < -0.39 is 6.09 Å². The molecule has 2 aliphatic rings. The van der Waals surface area contributed by atoms with Crippen LogP contribution in [0.2, 0.25) is 0 Å². The van der Waals surface area contributed by atoms with Crippen LogP contribution < -0.4 is 9.47 Å². The van der Waals surface area contributed by atoms with Gasteiger partial charge in [-0.25, -0.2) is 14.8 Å². The van der Waals surface area contributed by atoms with E-state index in [1.807, 2.05) is 36.4 Å². The van der Waals surface area contributed by atoms with Crippen molar-refractivity contribution >= 4 is 35.1 Å². The Morgan fingerprint density at radius 2 is 1.82 bits per heavy atom. The zero-order chi connectivity index (χ0) is 27.4. The van der Waals surface area contributed by atoms with Crippen LogP contribution in [0.1, 0.15) is 29.5 Å². The first-order chi connectivity index (χ1) is 18.9. The Hall–Kier alpha value is -4.38. The molecule has 3 aromatic rings. The smallest absolute Gasteiger partial charge is 0.407 e. The maximum Gasteiger partial charge on any atom is 0.407 e. The number of thioether (sulfide) groups is 1. The van der Waals surface area contributed by atoms with Crippen LogP contribution in [-0.2, 0) is 11.3 Å². The Bertz CT molecular complexity index is 1420. The van der Waals surface area contributed by atoms with E-state index in [2.05, 4.69) is 9.97 Å². The molecule has 0 bridgehead atoms. The summed E-state index contributed by atoms with van der Waals surface area (Å²) in [6, 6.07) is 16.5. The molecule has 0 spiro atoms. The fourth-order valence-electron chi connectivity index (χ4n) is 4.30. The molecule has 11 heteroatoms. The molecule has 200 valence electrons. The summed E-state index contributed by atoms with van der Waals surface area (Å²) in [6.45, 7) is 2.84. The molecule has 2 saturated heterocycles. The van der Waals surface area contributed by atoms with Crippen molar-refractivity contribution in [2.75, 3.05) is 13.1 Å². The Balaban J connectivity index is 1.26. The van der Waals surface area contributed by atoms with E-state index in [-0.39, 0.29) is 23.8 Å². The monoisotopic (exact) mass is 546 g/mol. The van der Waals surface area contributed by atoms with E-state index >= 15 is 0 Å². The quantitative estimate of drug-likeness (QED) is 0.392. The lowest BCUT2D eigenvalue weighted by molar-refractivity contribution is -0.123. The maximum atomic E-state index is 12.9. The van der Waals surface area contributed by atoms with Crippen LogP contribution in [0, 0.1) is 6.92 Å². The van der Waals surface area contributed by atoms with Crippen LogP contribution in [0.25, 0.3) is 6.08 Å². The standard InChI is InChI=1S/C28H26N4O6S/c1-18-24(37-21-10-12-31(13-11-21)27(34)35)29-17-30-25(18)38-22-9-5-8-20(14-22)15-23-26(33)32(28(36)39-23)16-19-6-3-2-4-7-19/h2-9,14-15,17,21H,10-13,16H2,1H3,(H,34,35)/b23-15-. The minimum absolute atomic E-state index is 0.150. The van der Waals surface area contributed by atoms with Gasteiger partial charge in [0.2, 0.25) is 11.8 Å². The van der Waals surface area contributed by atoms with Crippen LogP contribution in [0.15, 0.2) is 65.8 Å². The van der Waals surface area contributed by atoms with E-state index in [0.717, 1.165) is 17.3 Å². The average Bonchev–Trinajstić information content (AvgIpc) is 3.19. The molecule has 5 rings (SSSR count). The van der Waals surface area contributed by atoms with Crippen LogP contribution in [0.3, 0.4) is 0 Å². The van der Waals surface area contributed by atoms with Crippen molar-refractivity contribution in [3.8, 4) is 17.5 Å². The highest BCUT2D eigenvalue weighted by Gasteiger charge is 2.35. The molecule has 1 aromatic heterocycles. The molecule has 1 N–H and O–H groups in total. The van der Waals surface area contributed by atoms with E-state index in [9.17, 15) is 14.4 Å². The summed E-state index contributed by atoms with van der Waals surface area (Å²) in [7, 11) is 0. The number of aromatic nitrogens is 2. The number of piperidine rings is 1. The molecule has 0 saturated carbocycles. The Morgan fingerprint density at radius 3 is 2.56 bits per heavy atom. The van der Waals surface area contributed by atoms with Crippen molar-refractivity contribution in [3.63, 3.8) is 0 Å². The first kappa shape index (κ1) is 26.2. The highest BCUT2D eigenvalue weighted by molar-refractivity contribution is 8.18. The van der Waals surface area contributed by atoms with Crippen LogP contribution in [0.5, 0.6) is 17.5 Å². The number of carbonyl (C=O) groups excluding carboxylic acids is 2. The number of carboxylic acid groups (broad SMARTS) is 1. The molecule has 0 atom stereocenters. The van der Waals surface area contributed by atoms with Crippen molar-refractivity contribution in [2.24, 2.45) is 0 Å². The molecule has 3 amide bonds. The van der Waals surface area contributed by atoms with E-state index in [0.29, 0.717) is 59.5 Å². The molecule has 39 heavy (non-hydrogen) atoms. The van der Waals surface area contributed by atoms with Gasteiger partial charge in [-0.3, -0.25) is 14.5 Å². The second-order valence-corrected chi connectivity index (χ2v) is 10.1. The van der Waals surface area contributed by atoms with Gasteiger partial charge in [-0.15, -0.1) is 0 Å². The van der Waals surface area contributed by atoms with Gasteiger partial charge < -0.3 is 19.5 Å². The van der Waals surface area contributed by atoms with Crippen molar-refractivity contribution in [1.29, 1.82) is 0 Å². The normalized spacial score (nSPS) is 17.1. The number of nitrogens with zero attached hydrogens (tertiary/aromatic N) is 4. The molecular weight excluding hydrogens is 520 g/mol. The highest BCUT2D eigenvalue weighted by Crippen LogP contribution is 2.34. The summed E-state index contributed by atoms with van der Waals surface area (Å²) in [6.07, 6.45) is 3.11. The second kappa shape index (κ2) is 11.6. The number of imide groups is 1. The van der Waals surface area contributed by atoms with Gasteiger partial charge in [0.25, 0.3) is 11.1 Å². The third-order valence-electron chi connectivity index (χ3n) is 6.41. The summed E-state index contributed by atoms with van der Waals surface area (Å²) in [5.74, 6) is 0.873. The molecule has 2 aliphatic heterocycles. The zero-order valence-corrected chi connectivity index (χ0v) is 22.0. The third kappa shape index (κ3) is 6.20. The first-order valence-electron chi connectivity index (χ1n) is 12.4. The van der Waals surface area contributed by atoms with Crippen molar-refractivity contribution < 1.29 is 29.0 Å². The topological polar surface area (TPSA) is 122 Å². The third-order valence-corrected chi connectivity index (χ3v) is 7.32. The lowest BCUT2D eigenvalue weighted by Crippen LogP contribution is -2.41. The largest absolute Gasteiger partial charge is 0.474 e. The number of benzene rings is 2. The number of hydrogen-bond donors (Lipinski definition) is 1. The Morgan fingerprint density at radius 1 is 1.08 bits per heavy atom. The Kier molecular flexibility index (Phi) is 7.78. The molecule has 0 aliphatic carbocycles. The zero-order valence-electron chi connectivity index (χ0n) is 21.1. The average molecular weight is 547 g/mol. The van der Waals surface area contributed by atoms with Gasteiger partial charge >= 0.3 is 6.09 Å². The van der Waals surface area contributed by atoms with Crippen LogP contribution >= 0.6 is 11.8 Å². The summed E-state index contributed by atoms with van der Waals surface area (Å²) < 4.78 is 12.1.